The highest BCUT2D eigenvalue weighted by Gasteiger charge is 2.15. The molecular weight excluding hydrogens is 364 g/mol. The summed E-state index contributed by atoms with van der Waals surface area (Å²) in [7, 11) is 1.39. The van der Waals surface area contributed by atoms with Gasteiger partial charge in [0.1, 0.15) is 11.4 Å². The van der Waals surface area contributed by atoms with E-state index in [4.69, 9.17) is 11.6 Å². The van der Waals surface area contributed by atoms with Crippen LogP contribution in [0.15, 0.2) is 40.8 Å². The van der Waals surface area contributed by atoms with Gasteiger partial charge in [0.25, 0.3) is 5.56 Å². The maximum absolute atomic E-state index is 12.8. The molecule has 0 bridgehead atoms. The Morgan fingerprint density at radius 2 is 2.00 bits per heavy atom. The number of hydrogen-bond donors (Lipinski definition) is 2. The summed E-state index contributed by atoms with van der Waals surface area (Å²) < 4.78 is 1.17. The SMILES string of the molecule is CNC(=O)NC(=O)Cn1cnc2scc(-c3ccc(Cl)cc3)c2c1=O. The summed E-state index contributed by atoms with van der Waals surface area (Å²) >= 11 is 7.25. The first-order valence-electron chi connectivity index (χ1n) is 7.23. The Balaban J connectivity index is 2.00. The van der Waals surface area contributed by atoms with Crippen LogP contribution in [0.4, 0.5) is 4.79 Å². The van der Waals surface area contributed by atoms with Crippen LogP contribution in [0.3, 0.4) is 0 Å². The standard InChI is InChI=1S/C16H13ClN4O3S/c1-18-16(24)20-12(22)6-21-8-19-14-13(15(21)23)11(7-25-14)9-2-4-10(17)5-3-9/h2-5,7-8H,6H2,1H3,(H2,18,20,22,24). The maximum Gasteiger partial charge on any atom is 0.321 e. The van der Waals surface area contributed by atoms with Crippen molar-refractivity contribution < 1.29 is 9.59 Å². The third kappa shape index (κ3) is 3.54. The Hall–Kier alpha value is -2.71. The number of fused-ring (bicyclic) bond motifs is 1. The van der Waals surface area contributed by atoms with E-state index in [1.54, 1.807) is 12.1 Å². The average Bonchev–Trinajstić information content (AvgIpc) is 3.02. The van der Waals surface area contributed by atoms with Crippen molar-refractivity contribution in [3.05, 3.63) is 51.3 Å². The van der Waals surface area contributed by atoms with Crippen molar-refractivity contribution in [2.24, 2.45) is 0 Å². The van der Waals surface area contributed by atoms with Crippen molar-refractivity contribution in [1.29, 1.82) is 0 Å². The van der Waals surface area contributed by atoms with Crippen molar-refractivity contribution in [3.63, 3.8) is 0 Å². The second-order valence-corrected chi connectivity index (χ2v) is 6.44. The van der Waals surface area contributed by atoms with Crippen LogP contribution in [0.25, 0.3) is 21.3 Å². The summed E-state index contributed by atoms with van der Waals surface area (Å²) in [5, 5.41) is 7.26. The van der Waals surface area contributed by atoms with Crippen LogP contribution in [0.2, 0.25) is 5.02 Å². The van der Waals surface area contributed by atoms with Crippen LogP contribution in [-0.2, 0) is 11.3 Å². The maximum atomic E-state index is 12.8. The van der Waals surface area contributed by atoms with Crippen LogP contribution in [0, 0.1) is 0 Å². The number of carbonyl (C=O) groups excluding carboxylic acids is 2. The largest absolute Gasteiger partial charge is 0.341 e. The van der Waals surface area contributed by atoms with Gasteiger partial charge in [-0.25, -0.2) is 9.78 Å². The molecule has 2 aromatic heterocycles. The zero-order valence-electron chi connectivity index (χ0n) is 13.1. The normalized spacial score (nSPS) is 10.6. The number of benzene rings is 1. The van der Waals surface area contributed by atoms with E-state index in [1.807, 2.05) is 17.5 Å². The van der Waals surface area contributed by atoms with Gasteiger partial charge >= 0.3 is 6.03 Å². The molecule has 3 amide bonds. The molecule has 2 N–H and O–H groups in total. The zero-order valence-corrected chi connectivity index (χ0v) is 14.6. The monoisotopic (exact) mass is 376 g/mol. The van der Waals surface area contributed by atoms with Crippen molar-refractivity contribution in [3.8, 4) is 11.1 Å². The first-order chi connectivity index (χ1) is 12.0. The van der Waals surface area contributed by atoms with E-state index in [-0.39, 0.29) is 12.1 Å². The number of carbonyl (C=O) groups is 2. The molecule has 2 heterocycles. The van der Waals surface area contributed by atoms with Gasteiger partial charge in [0, 0.05) is 23.0 Å². The van der Waals surface area contributed by atoms with E-state index < -0.39 is 11.9 Å². The lowest BCUT2D eigenvalue weighted by molar-refractivity contribution is -0.120. The minimum Gasteiger partial charge on any atom is -0.341 e. The Labute approximate surface area is 151 Å². The van der Waals surface area contributed by atoms with Gasteiger partial charge in [-0.15, -0.1) is 11.3 Å². The third-order valence-corrected chi connectivity index (χ3v) is 4.65. The molecular formula is C16H13ClN4O3S. The number of aromatic nitrogens is 2. The highest BCUT2D eigenvalue weighted by Crippen LogP contribution is 2.31. The predicted molar refractivity (Wildman–Crippen MR) is 96.9 cm³/mol. The molecule has 0 radical (unpaired) electrons. The number of hydrogen-bond acceptors (Lipinski definition) is 5. The van der Waals surface area contributed by atoms with E-state index in [1.165, 1.54) is 29.3 Å². The summed E-state index contributed by atoms with van der Waals surface area (Å²) in [5.74, 6) is -0.606. The van der Waals surface area contributed by atoms with E-state index in [9.17, 15) is 14.4 Å². The molecule has 3 rings (SSSR count). The van der Waals surface area contributed by atoms with Gasteiger partial charge in [-0.3, -0.25) is 19.5 Å². The highest BCUT2D eigenvalue weighted by atomic mass is 35.5. The van der Waals surface area contributed by atoms with Gasteiger partial charge in [0.15, 0.2) is 0 Å². The molecule has 0 saturated carbocycles. The van der Waals surface area contributed by atoms with E-state index in [0.717, 1.165) is 11.1 Å². The second kappa shape index (κ2) is 7.04. The smallest absolute Gasteiger partial charge is 0.321 e. The van der Waals surface area contributed by atoms with Crippen molar-refractivity contribution in [2.75, 3.05) is 7.05 Å². The fourth-order valence-electron chi connectivity index (χ4n) is 2.31. The topological polar surface area (TPSA) is 93.1 Å². The number of nitrogens with one attached hydrogen (secondary N) is 2. The molecule has 0 atom stereocenters. The molecule has 0 spiro atoms. The van der Waals surface area contributed by atoms with Gasteiger partial charge < -0.3 is 5.32 Å². The second-order valence-electron chi connectivity index (χ2n) is 5.14. The molecule has 0 aliphatic carbocycles. The molecule has 128 valence electrons. The van der Waals surface area contributed by atoms with Gasteiger partial charge in [-0.1, -0.05) is 23.7 Å². The average molecular weight is 377 g/mol. The molecule has 7 nitrogen and oxygen atoms in total. The van der Waals surface area contributed by atoms with Crippen molar-refractivity contribution >= 4 is 45.1 Å². The molecule has 0 aliphatic heterocycles. The van der Waals surface area contributed by atoms with Crippen molar-refractivity contribution in [2.45, 2.75) is 6.54 Å². The summed E-state index contributed by atoms with van der Waals surface area (Å²) in [6.07, 6.45) is 1.30. The van der Waals surface area contributed by atoms with Crippen LogP contribution < -0.4 is 16.2 Å². The molecule has 9 heteroatoms. The summed E-state index contributed by atoms with van der Waals surface area (Å²) in [6, 6.07) is 6.49. The quantitative estimate of drug-likeness (QED) is 0.733. The van der Waals surface area contributed by atoms with Crippen LogP contribution >= 0.6 is 22.9 Å². The summed E-state index contributed by atoms with van der Waals surface area (Å²) in [5.41, 5.74) is 1.22. The Bertz CT molecular complexity index is 1010. The van der Waals surface area contributed by atoms with Crippen LogP contribution in [0.5, 0.6) is 0 Å². The van der Waals surface area contributed by atoms with Gasteiger partial charge in [-0.05, 0) is 17.7 Å². The fourth-order valence-corrected chi connectivity index (χ4v) is 3.34. The minimum atomic E-state index is -0.635. The lowest BCUT2D eigenvalue weighted by atomic mass is 10.1. The molecule has 0 fully saturated rings. The van der Waals surface area contributed by atoms with E-state index in [2.05, 4.69) is 15.6 Å². The van der Waals surface area contributed by atoms with Gasteiger partial charge in [-0.2, -0.15) is 0 Å². The highest BCUT2D eigenvalue weighted by molar-refractivity contribution is 7.17. The van der Waals surface area contributed by atoms with Gasteiger partial charge in [0.2, 0.25) is 5.91 Å². The number of imide groups is 1. The molecule has 3 aromatic rings. The van der Waals surface area contributed by atoms with E-state index >= 15 is 0 Å². The van der Waals surface area contributed by atoms with Crippen molar-refractivity contribution in [1.82, 2.24) is 20.2 Å². The number of nitrogens with zero attached hydrogens (tertiary/aromatic N) is 2. The minimum absolute atomic E-state index is 0.300. The fraction of sp³-hybridized carbons (Fsp3) is 0.125. The molecule has 25 heavy (non-hydrogen) atoms. The molecule has 0 saturated heterocycles. The number of halogens is 1. The molecule has 0 aliphatic rings. The lowest BCUT2D eigenvalue weighted by Gasteiger charge is -2.06. The lowest BCUT2D eigenvalue weighted by Crippen LogP contribution is -2.40. The van der Waals surface area contributed by atoms with Gasteiger partial charge in [0.05, 0.1) is 11.7 Å². The van der Waals surface area contributed by atoms with Crippen LogP contribution in [0.1, 0.15) is 0 Å². The Kier molecular flexibility index (Phi) is 4.82. The number of amides is 3. The van der Waals surface area contributed by atoms with Crippen LogP contribution in [-0.4, -0.2) is 28.5 Å². The number of rotatable bonds is 3. The Morgan fingerprint density at radius 1 is 1.28 bits per heavy atom. The molecule has 0 unspecified atom stereocenters. The predicted octanol–water partition coefficient (Wildman–Crippen LogP) is 2.23. The number of thiophene rings is 1. The summed E-state index contributed by atoms with van der Waals surface area (Å²) in [4.78, 5) is 40.6. The third-order valence-electron chi connectivity index (χ3n) is 3.51. The van der Waals surface area contributed by atoms with E-state index in [0.29, 0.717) is 15.2 Å². The molecule has 1 aromatic carbocycles. The first-order valence-corrected chi connectivity index (χ1v) is 8.49. The Morgan fingerprint density at radius 3 is 2.68 bits per heavy atom. The zero-order chi connectivity index (χ0) is 18.0. The summed E-state index contributed by atoms with van der Waals surface area (Å²) in [6.45, 7) is -0.300. The first kappa shape index (κ1) is 17.1. The number of urea groups is 1.